The predicted octanol–water partition coefficient (Wildman–Crippen LogP) is 4.16. The number of rotatable bonds is 2. The third-order valence-corrected chi connectivity index (χ3v) is 6.32. The highest BCUT2D eigenvalue weighted by Gasteiger charge is 2.53. The number of hydrogen-bond donors (Lipinski definition) is 1. The summed E-state index contributed by atoms with van der Waals surface area (Å²) in [4.78, 5) is 0. The molecule has 3 aliphatic rings. The van der Waals surface area contributed by atoms with Gasteiger partial charge in [0.1, 0.15) is 5.75 Å². The average Bonchev–Trinajstić information content (AvgIpc) is 2.91. The lowest BCUT2D eigenvalue weighted by atomic mass is 9.59. The van der Waals surface area contributed by atoms with Crippen LogP contribution in [0.2, 0.25) is 0 Å². The van der Waals surface area contributed by atoms with E-state index in [4.69, 9.17) is 4.74 Å². The van der Waals surface area contributed by atoms with E-state index in [1.54, 1.807) is 7.11 Å². The molecule has 5 atom stereocenters. The fraction of sp³-hybridized carbons (Fsp3) is 0.500. The average molecular weight is 296 g/mol. The first-order chi connectivity index (χ1) is 10.7. The van der Waals surface area contributed by atoms with Gasteiger partial charge in [0.05, 0.1) is 13.2 Å². The van der Waals surface area contributed by atoms with Gasteiger partial charge in [0, 0.05) is 11.3 Å². The maximum absolute atomic E-state index is 10.5. The molecule has 1 saturated carbocycles. The lowest BCUT2D eigenvalue weighted by Gasteiger charge is -2.46. The summed E-state index contributed by atoms with van der Waals surface area (Å²) in [5, 5.41) is 10.5. The van der Waals surface area contributed by atoms with Crippen molar-refractivity contribution in [3.8, 4) is 5.75 Å². The van der Waals surface area contributed by atoms with Crippen molar-refractivity contribution in [1.82, 2.24) is 0 Å². The van der Waals surface area contributed by atoms with E-state index in [0.29, 0.717) is 17.8 Å². The van der Waals surface area contributed by atoms with Crippen LogP contribution in [0, 0.1) is 17.3 Å². The van der Waals surface area contributed by atoms with Gasteiger partial charge in [0.15, 0.2) is 0 Å². The summed E-state index contributed by atoms with van der Waals surface area (Å²) in [7, 11) is 1.72. The fourth-order valence-corrected chi connectivity index (χ4v) is 5.09. The van der Waals surface area contributed by atoms with E-state index in [1.807, 2.05) is 0 Å². The van der Waals surface area contributed by atoms with Crippen LogP contribution < -0.4 is 4.74 Å². The van der Waals surface area contributed by atoms with Crippen LogP contribution in [0.4, 0.5) is 0 Å². The Labute approximate surface area is 132 Å². The first kappa shape index (κ1) is 14.1. The monoisotopic (exact) mass is 296 g/mol. The minimum Gasteiger partial charge on any atom is -0.497 e. The first-order valence-electron chi connectivity index (χ1n) is 8.43. The summed E-state index contributed by atoms with van der Waals surface area (Å²) in [5.41, 5.74) is 2.67. The molecule has 0 radical (unpaired) electrons. The molecule has 0 aromatic heterocycles. The molecule has 0 heterocycles. The topological polar surface area (TPSA) is 29.5 Å². The highest BCUT2D eigenvalue weighted by Crippen LogP contribution is 2.58. The molecule has 1 aromatic carbocycles. The van der Waals surface area contributed by atoms with Crippen LogP contribution in [0.25, 0.3) is 6.08 Å². The molecule has 2 nitrogen and oxygen atoms in total. The van der Waals surface area contributed by atoms with E-state index >= 15 is 0 Å². The van der Waals surface area contributed by atoms with Crippen LogP contribution in [0.3, 0.4) is 0 Å². The van der Waals surface area contributed by atoms with Crippen molar-refractivity contribution >= 4 is 6.08 Å². The zero-order valence-corrected chi connectivity index (χ0v) is 13.3. The Hall–Kier alpha value is -1.54. The van der Waals surface area contributed by atoms with Gasteiger partial charge >= 0.3 is 0 Å². The summed E-state index contributed by atoms with van der Waals surface area (Å²) in [6, 6.07) is 6.40. The third-order valence-electron chi connectivity index (χ3n) is 6.32. The van der Waals surface area contributed by atoms with Crippen molar-refractivity contribution in [2.75, 3.05) is 7.11 Å². The minimum absolute atomic E-state index is 0.00448. The summed E-state index contributed by atoms with van der Waals surface area (Å²) in [6.07, 6.45) is 12.3. The number of aliphatic hydroxyl groups is 1. The van der Waals surface area contributed by atoms with Gasteiger partial charge in [-0.05, 0) is 54.4 Å². The van der Waals surface area contributed by atoms with Crippen LogP contribution in [0.15, 0.2) is 36.4 Å². The number of aliphatic hydroxyl groups excluding tert-OH is 1. The van der Waals surface area contributed by atoms with Gasteiger partial charge in [-0.1, -0.05) is 37.3 Å². The van der Waals surface area contributed by atoms with Crippen molar-refractivity contribution in [2.45, 2.75) is 38.2 Å². The van der Waals surface area contributed by atoms with Crippen molar-refractivity contribution in [3.63, 3.8) is 0 Å². The molecule has 2 heteroatoms. The zero-order valence-electron chi connectivity index (χ0n) is 13.3. The van der Waals surface area contributed by atoms with Gasteiger partial charge < -0.3 is 9.84 Å². The summed E-state index contributed by atoms with van der Waals surface area (Å²) >= 11 is 0. The number of benzene rings is 1. The lowest BCUT2D eigenvalue weighted by Crippen LogP contribution is -2.41. The van der Waals surface area contributed by atoms with Gasteiger partial charge in [-0.2, -0.15) is 0 Å². The Balaban J connectivity index is 1.78. The third kappa shape index (κ3) is 1.77. The van der Waals surface area contributed by atoms with Crippen LogP contribution in [0.1, 0.15) is 43.2 Å². The first-order valence-corrected chi connectivity index (χ1v) is 8.43. The van der Waals surface area contributed by atoms with E-state index in [-0.39, 0.29) is 11.5 Å². The maximum atomic E-state index is 10.5. The number of fused-ring (bicyclic) bond motifs is 5. The molecule has 116 valence electrons. The van der Waals surface area contributed by atoms with Crippen LogP contribution in [-0.4, -0.2) is 18.3 Å². The summed E-state index contributed by atoms with van der Waals surface area (Å²) in [6.45, 7) is 2.22. The summed E-state index contributed by atoms with van der Waals surface area (Å²) in [5.74, 6) is 2.44. The normalized spacial score (nSPS) is 38.3. The molecular formula is C20H24O2. The molecular weight excluding hydrogens is 272 g/mol. The second-order valence-corrected chi connectivity index (χ2v) is 6.98. The molecule has 5 unspecified atom stereocenters. The van der Waals surface area contributed by atoms with E-state index in [0.717, 1.165) is 25.0 Å². The van der Waals surface area contributed by atoms with Crippen molar-refractivity contribution < 1.29 is 9.84 Å². The van der Waals surface area contributed by atoms with E-state index in [9.17, 15) is 5.11 Å². The molecule has 3 aliphatic carbocycles. The number of allylic oxidation sites excluding steroid dienone is 2. The number of hydrogen-bond acceptors (Lipinski definition) is 2. The SMILES string of the molecule is CCC12C=CC3c4ccc(OC)cc4C=CC3C1CCC2O. The van der Waals surface area contributed by atoms with Gasteiger partial charge in [-0.15, -0.1) is 0 Å². The second kappa shape index (κ2) is 4.99. The fourth-order valence-electron chi connectivity index (χ4n) is 5.09. The Morgan fingerprint density at radius 1 is 1.27 bits per heavy atom. The lowest BCUT2D eigenvalue weighted by molar-refractivity contribution is 0.0400. The standard InChI is InChI=1S/C20H24O2/c1-3-20-11-10-16-15-7-5-14(22-2)12-13(15)4-6-17(16)18(20)8-9-19(20)21/h4-7,10-12,16-19,21H,3,8-9H2,1-2H3. The molecule has 1 aromatic rings. The van der Waals surface area contributed by atoms with Gasteiger partial charge in [0.2, 0.25) is 0 Å². The van der Waals surface area contributed by atoms with Crippen molar-refractivity contribution in [2.24, 2.45) is 17.3 Å². The van der Waals surface area contributed by atoms with Crippen LogP contribution in [0.5, 0.6) is 5.75 Å². The van der Waals surface area contributed by atoms with Gasteiger partial charge in [-0.25, -0.2) is 0 Å². The zero-order chi connectivity index (χ0) is 15.3. The highest BCUT2D eigenvalue weighted by atomic mass is 16.5. The minimum atomic E-state index is -0.176. The van der Waals surface area contributed by atoms with Crippen molar-refractivity contribution in [1.29, 1.82) is 0 Å². The molecule has 0 spiro atoms. The molecule has 0 amide bonds. The number of methoxy groups -OCH3 is 1. The molecule has 1 N–H and O–H groups in total. The van der Waals surface area contributed by atoms with Crippen LogP contribution >= 0.6 is 0 Å². The Morgan fingerprint density at radius 3 is 2.91 bits per heavy atom. The second-order valence-electron chi connectivity index (χ2n) is 6.98. The van der Waals surface area contributed by atoms with Gasteiger partial charge in [-0.3, -0.25) is 0 Å². The number of ether oxygens (including phenoxy) is 1. The molecule has 4 rings (SSSR count). The molecule has 0 aliphatic heterocycles. The Morgan fingerprint density at radius 2 is 2.14 bits per heavy atom. The molecule has 0 saturated heterocycles. The predicted molar refractivity (Wildman–Crippen MR) is 88.9 cm³/mol. The van der Waals surface area contributed by atoms with E-state index in [2.05, 4.69) is 49.4 Å². The molecule has 22 heavy (non-hydrogen) atoms. The Bertz CT molecular complexity index is 645. The molecule has 1 fully saturated rings. The quantitative estimate of drug-likeness (QED) is 0.830. The highest BCUT2D eigenvalue weighted by molar-refractivity contribution is 5.62. The van der Waals surface area contributed by atoms with E-state index < -0.39 is 0 Å². The largest absolute Gasteiger partial charge is 0.497 e. The maximum Gasteiger partial charge on any atom is 0.119 e. The van der Waals surface area contributed by atoms with E-state index in [1.165, 1.54) is 11.1 Å². The van der Waals surface area contributed by atoms with Gasteiger partial charge in [0.25, 0.3) is 0 Å². The molecule has 0 bridgehead atoms. The summed E-state index contributed by atoms with van der Waals surface area (Å²) < 4.78 is 5.35. The van der Waals surface area contributed by atoms with Crippen LogP contribution in [-0.2, 0) is 0 Å². The van der Waals surface area contributed by atoms with Crippen molar-refractivity contribution in [3.05, 3.63) is 47.6 Å². The Kier molecular flexibility index (Phi) is 3.19. The smallest absolute Gasteiger partial charge is 0.119 e.